The highest BCUT2D eigenvalue weighted by Gasteiger charge is 2.38. The van der Waals surface area contributed by atoms with E-state index in [1.807, 2.05) is 31.2 Å². The van der Waals surface area contributed by atoms with Crippen LogP contribution in [-0.4, -0.2) is 16.8 Å². The van der Waals surface area contributed by atoms with E-state index in [4.69, 9.17) is 0 Å². The van der Waals surface area contributed by atoms with Crippen LogP contribution in [-0.2, 0) is 0 Å². The smallest absolute Gasteiger partial charge is 0.184 e. The lowest BCUT2D eigenvalue weighted by Crippen LogP contribution is -2.17. The van der Waals surface area contributed by atoms with Crippen molar-refractivity contribution in [3.05, 3.63) is 65.2 Å². The number of carbonyl (C=O) groups excluding carboxylic acids is 2. The van der Waals surface area contributed by atoms with Crippen LogP contribution in [0.4, 0.5) is 0 Å². The Morgan fingerprint density at radius 2 is 1.37 bits per heavy atom. The van der Waals surface area contributed by atoms with Crippen LogP contribution in [0, 0.1) is 6.92 Å². The van der Waals surface area contributed by atoms with Crippen molar-refractivity contribution in [3.63, 3.8) is 0 Å². The van der Waals surface area contributed by atoms with E-state index in [9.17, 15) is 9.59 Å². The highest BCUT2D eigenvalue weighted by molar-refractivity contribution is 8.01. The molecule has 3 rings (SSSR count). The number of hydrogen-bond acceptors (Lipinski definition) is 3. The molecule has 1 aliphatic carbocycles. The Bertz CT molecular complexity index is 624. The number of fused-ring (bicyclic) bond motifs is 1. The number of ketones is 2. The summed E-state index contributed by atoms with van der Waals surface area (Å²) in [6, 6.07) is 14.9. The molecule has 3 heteroatoms. The number of aryl methyl sites for hydroxylation is 1. The largest absolute Gasteiger partial charge is 0.292 e. The summed E-state index contributed by atoms with van der Waals surface area (Å²) in [7, 11) is 0. The van der Waals surface area contributed by atoms with Crippen LogP contribution >= 0.6 is 11.8 Å². The van der Waals surface area contributed by atoms with Gasteiger partial charge < -0.3 is 0 Å². The van der Waals surface area contributed by atoms with E-state index in [-0.39, 0.29) is 11.6 Å². The molecular weight excluding hydrogens is 256 g/mol. The fourth-order valence-electron chi connectivity index (χ4n) is 2.17. The van der Waals surface area contributed by atoms with Gasteiger partial charge in [0.1, 0.15) is 5.25 Å². The molecule has 0 fully saturated rings. The molecule has 2 aromatic carbocycles. The number of hydrogen-bond donors (Lipinski definition) is 0. The van der Waals surface area contributed by atoms with E-state index < -0.39 is 5.25 Å². The Balaban J connectivity index is 1.90. The summed E-state index contributed by atoms with van der Waals surface area (Å²) in [5.41, 5.74) is 2.27. The molecule has 0 N–H and O–H groups in total. The van der Waals surface area contributed by atoms with E-state index in [1.165, 1.54) is 11.8 Å². The minimum atomic E-state index is -0.625. The SMILES string of the molecule is Cc1ccc(SC2C(=O)c3ccccc3C2=O)cc1. The number of Topliss-reactive ketones (excluding diaryl/α,β-unsaturated/α-hetero) is 2. The molecule has 94 valence electrons. The predicted octanol–water partition coefficient (Wildman–Crippen LogP) is 3.53. The van der Waals surface area contributed by atoms with Crippen molar-refractivity contribution in [1.29, 1.82) is 0 Å². The topological polar surface area (TPSA) is 34.1 Å². The molecule has 0 aromatic heterocycles. The van der Waals surface area contributed by atoms with Gasteiger partial charge in [-0.15, -0.1) is 11.8 Å². The lowest BCUT2D eigenvalue weighted by Gasteiger charge is -2.06. The van der Waals surface area contributed by atoms with Crippen molar-refractivity contribution in [2.24, 2.45) is 0 Å². The Morgan fingerprint density at radius 3 is 1.89 bits per heavy atom. The summed E-state index contributed by atoms with van der Waals surface area (Å²) in [5.74, 6) is -0.155. The van der Waals surface area contributed by atoms with Crippen LogP contribution in [0.5, 0.6) is 0 Å². The van der Waals surface area contributed by atoms with Crippen LogP contribution in [0.3, 0.4) is 0 Å². The Kier molecular flexibility index (Phi) is 2.99. The van der Waals surface area contributed by atoms with Crippen molar-refractivity contribution >= 4 is 23.3 Å². The summed E-state index contributed by atoms with van der Waals surface area (Å²) >= 11 is 1.33. The molecule has 0 bridgehead atoms. The fourth-order valence-corrected chi connectivity index (χ4v) is 3.21. The maximum absolute atomic E-state index is 12.2. The molecular formula is C16H12O2S. The van der Waals surface area contributed by atoms with E-state index in [1.54, 1.807) is 24.3 Å². The number of carbonyl (C=O) groups is 2. The molecule has 0 atom stereocenters. The van der Waals surface area contributed by atoms with Gasteiger partial charge in [-0.1, -0.05) is 42.0 Å². The van der Waals surface area contributed by atoms with E-state index in [0.29, 0.717) is 11.1 Å². The van der Waals surface area contributed by atoms with Gasteiger partial charge in [-0.2, -0.15) is 0 Å². The van der Waals surface area contributed by atoms with E-state index in [2.05, 4.69) is 0 Å². The van der Waals surface area contributed by atoms with Gasteiger partial charge in [-0.3, -0.25) is 9.59 Å². The summed E-state index contributed by atoms with van der Waals surface area (Å²) in [4.78, 5) is 25.4. The Morgan fingerprint density at radius 1 is 0.842 bits per heavy atom. The molecule has 1 aliphatic rings. The number of benzene rings is 2. The van der Waals surface area contributed by atoms with Gasteiger partial charge >= 0.3 is 0 Å². The zero-order chi connectivity index (χ0) is 13.4. The highest BCUT2D eigenvalue weighted by atomic mass is 32.2. The molecule has 2 aromatic rings. The molecule has 2 nitrogen and oxygen atoms in total. The van der Waals surface area contributed by atoms with Crippen LogP contribution in [0.2, 0.25) is 0 Å². The molecule has 0 aliphatic heterocycles. The monoisotopic (exact) mass is 268 g/mol. The fraction of sp³-hybridized carbons (Fsp3) is 0.125. The minimum absolute atomic E-state index is 0.0776. The van der Waals surface area contributed by atoms with Crippen LogP contribution in [0.15, 0.2) is 53.4 Å². The van der Waals surface area contributed by atoms with Crippen molar-refractivity contribution in [1.82, 2.24) is 0 Å². The van der Waals surface area contributed by atoms with Crippen LogP contribution in [0.25, 0.3) is 0 Å². The van der Waals surface area contributed by atoms with Crippen molar-refractivity contribution in [2.75, 3.05) is 0 Å². The van der Waals surface area contributed by atoms with E-state index in [0.717, 1.165) is 10.5 Å². The molecule has 19 heavy (non-hydrogen) atoms. The maximum atomic E-state index is 12.2. The number of thioether (sulfide) groups is 1. The minimum Gasteiger partial charge on any atom is -0.292 e. The lowest BCUT2D eigenvalue weighted by atomic mass is 10.1. The van der Waals surface area contributed by atoms with Gasteiger partial charge in [-0.25, -0.2) is 0 Å². The molecule has 0 saturated carbocycles. The second-order valence-electron chi connectivity index (χ2n) is 4.59. The first-order valence-electron chi connectivity index (χ1n) is 6.07. The van der Waals surface area contributed by atoms with E-state index >= 15 is 0 Å². The first kappa shape index (κ1) is 12.2. The standard InChI is InChI=1S/C16H12O2S/c1-10-6-8-11(9-7-10)19-16-14(17)12-4-2-3-5-13(12)15(16)18/h2-9,16H,1H3. The zero-order valence-corrected chi connectivity index (χ0v) is 11.2. The average Bonchev–Trinajstić information content (AvgIpc) is 2.67. The Hall–Kier alpha value is -1.87. The van der Waals surface area contributed by atoms with Gasteiger partial charge in [0, 0.05) is 16.0 Å². The summed E-state index contributed by atoms with van der Waals surface area (Å²) in [6.07, 6.45) is 0. The van der Waals surface area contributed by atoms with Crippen molar-refractivity contribution < 1.29 is 9.59 Å². The summed E-state index contributed by atoms with van der Waals surface area (Å²) < 4.78 is 0. The summed E-state index contributed by atoms with van der Waals surface area (Å²) in [6.45, 7) is 2.01. The third kappa shape index (κ3) is 2.10. The Labute approximate surface area is 115 Å². The van der Waals surface area contributed by atoms with Gasteiger partial charge in [0.05, 0.1) is 0 Å². The zero-order valence-electron chi connectivity index (χ0n) is 10.4. The highest BCUT2D eigenvalue weighted by Crippen LogP contribution is 2.34. The molecule has 0 unspecified atom stereocenters. The molecule has 0 amide bonds. The third-order valence-electron chi connectivity index (χ3n) is 3.21. The van der Waals surface area contributed by atoms with Crippen molar-refractivity contribution in [2.45, 2.75) is 17.1 Å². The quantitative estimate of drug-likeness (QED) is 0.781. The van der Waals surface area contributed by atoms with Crippen LogP contribution < -0.4 is 0 Å². The second kappa shape index (κ2) is 4.67. The van der Waals surface area contributed by atoms with Gasteiger partial charge in [0.2, 0.25) is 0 Å². The lowest BCUT2D eigenvalue weighted by molar-refractivity contribution is 0.0932. The molecule has 0 spiro atoms. The molecule has 0 radical (unpaired) electrons. The van der Waals surface area contributed by atoms with Gasteiger partial charge in [0.25, 0.3) is 0 Å². The maximum Gasteiger partial charge on any atom is 0.184 e. The van der Waals surface area contributed by atoms with Gasteiger partial charge in [0.15, 0.2) is 11.6 Å². The molecule has 0 heterocycles. The molecule has 0 saturated heterocycles. The number of rotatable bonds is 2. The summed E-state index contributed by atoms with van der Waals surface area (Å²) in [5, 5.41) is -0.625. The van der Waals surface area contributed by atoms with Gasteiger partial charge in [-0.05, 0) is 19.1 Å². The normalized spacial score (nSPS) is 14.8. The van der Waals surface area contributed by atoms with Crippen molar-refractivity contribution in [3.8, 4) is 0 Å². The van der Waals surface area contributed by atoms with Crippen LogP contribution in [0.1, 0.15) is 26.3 Å². The third-order valence-corrected chi connectivity index (χ3v) is 4.42. The first-order valence-corrected chi connectivity index (χ1v) is 6.95. The first-order chi connectivity index (χ1) is 9.16. The predicted molar refractivity (Wildman–Crippen MR) is 75.9 cm³/mol. The second-order valence-corrected chi connectivity index (χ2v) is 5.76. The average molecular weight is 268 g/mol.